The van der Waals surface area contributed by atoms with Gasteiger partial charge in [-0.15, -0.1) is 17.9 Å². The zero-order valence-corrected chi connectivity index (χ0v) is 19.1. The number of amides is 1. The van der Waals surface area contributed by atoms with Crippen molar-refractivity contribution in [2.45, 2.75) is 26.8 Å². The molecule has 1 fully saturated rings. The van der Waals surface area contributed by atoms with E-state index >= 15 is 0 Å². The van der Waals surface area contributed by atoms with E-state index in [9.17, 15) is 13.2 Å². The molecule has 1 N–H and O–H groups in total. The molecule has 1 amide bonds. The molecular weight excluding hydrogens is 432 g/mol. The number of benzene rings is 1. The van der Waals surface area contributed by atoms with Crippen LogP contribution in [0, 0.1) is 13.8 Å². The average Bonchev–Trinajstić information content (AvgIpc) is 3.41. The van der Waals surface area contributed by atoms with E-state index in [4.69, 9.17) is 0 Å². The van der Waals surface area contributed by atoms with Crippen LogP contribution in [-0.4, -0.2) is 36.2 Å². The number of allylic oxidation sites excluding steroid dienone is 1. The molecule has 0 saturated carbocycles. The minimum atomic E-state index is -3.30. The highest BCUT2D eigenvalue weighted by Crippen LogP contribution is 2.30. The molecule has 4 rings (SSSR count). The van der Waals surface area contributed by atoms with Crippen LogP contribution in [0.25, 0.3) is 11.3 Å². The first-order chi connectivity index (χ1) is 14.8. The van der Waals surface area contributed by atoms with Gasteiger partial charge in [0.15, 0.2) is 5.13 Å². The summed E-state index contributed by atoms with van der Waals surface area (Å²) in [6.07, 6.45) is 2.45. The zero-order valence-electron chi connectivity index (χ0n) is 17.5. The number of anilines is 2. The number of aromatic nitrogens is 2. The van der Waals surface area contributed by atoms with Gasteiger partial charge in [-0.25, -0.2) is 13.4 Å². The maximum Gasteiger partial charge on any atom is 0.257 e. The van der Waals surface area contributed by atoms with Gasteiger partial charge in [-0.2, -0.15) is 0 Å². The number of nitrogens with zero attached hydrogens (tertiary/aromatic N) is 3. The van der Waals surface area contributed by atoms with Gasteiger partial charge in [0.05, 0.1) is 17.1 Å². The van der Waals surface area contributed by atoms with E-state index in [0.717, 1.165) is 29.2 Å². The highest BCUT2D eigenvalue weighted by atomic mass is 32.2. The fourth-order valence-corrected chi connectivity index (χ4v) is 6.09. The molecule has 2 aromatic heterocycles. The monoisotopic (exact) mass is 456 g/mol. The van der Waals surface area contributed by atoms with E-state index < -0.39 is 10.0 Å². The summed E-state index contributed by atoms with van der Waals surface area (Å²) in [7, 11) is -3.30. The lowest BCUT2D eigenvalue weighted by molar-refractivity contribution is 0.102. The van der Waals surface area contributed by atoms with E-state index in [0.29, 0.717) is 29.3 Å². The molecule has 1 aliphatic rings. The Morgan fingerprint density at radius 3 is 2.84 bits per heavy atom. The fraction of sp³-hybridized carbons (Fsp3) is 0.273. The lowest BCUT2D eigenvalue weighted by atomic mass is 10.2. The number of thiazole rings is 1. The molecule has 0 aliphatic carbocycles. The Kier molecular flexibility index (Phi) is 5.72. The van der Waals surface area contributed by atoms with Crippen LogP contribution in [0.3, 0.4) is 0 Å². The molecule has 162 valence electrons. The summed E-state index contributed by atoms with van der Waals surface area (Å²) < 4.78 is 27.9. The first-order valence-electron chi connectivity index (χ1n) is 9.95. The third kappa shape index (κ3) is 4.15. The van der Waals surface area contributed by atoms with E-state index in [-0.39, 0.29) is 11.7 Å². The standard InChI is InChI=1S/C22H24N4O3S2/c1-4-9-25-15(2)12-19(16(25)3)20-14-30-22(23-20)24-21(27)17-7-5-8-18(13-17)26-10-6-11-31(26,28)29/h4-5,7-8,12-14H,1,6,9-11H2,2-3H3,(H,23,24,27). The quantitative estimate of drug-likeness (QED) is 0.563. The van der Waals surface area contributed by atoms with Crippen molar-refractivity contribution in [3.8, 4) is 11.3 Å². The number of sulfonamides is 1. The number of carbonyl (C=O) groups is 1. The second-order valence-electron chi connectivity index (χ2n) is 7.47. The largest absolute Gasteiger partial charge is 0.345 e. The Balaban J connectivity index is 1.53. The smallest absolute Gasteiger partial charge is 0.257 e. The second kappa shape index (κ2) is 8.32. The van der Waals surface area contributed by atoms with Crippen molar-refractivity contribution in [1.29, 1.82) is 0 Å². The molecule has 0 radical (unpaired) electrons. The van der Waals surface area contributed by atoms with E-state index in [1.54, 1.807) is 24.3 Å². The van der Waals surface area contributed by atoms with Crippen LogP contribution in [0.2, 0.25) is 0 Å². The normalized spacial score (nSPS) is 15.2. The average molecular weight is 457 g/mol. The number of hydrogen-bond donors (Lipinski definition) is 1. The third-order valence-electron chi connectivity index (χ3n) is 5.38. The van der Waals surface area contributed by atoms with Crippen molar-refractivity contribution in [2.75, 3.05) is 21.9 Å². The Morgan fingerprint density at radius 2 is 2.13 bits per heavy atom. The van der Waals surface area contributed by atoms with Crippen molar-refractivity contribution in [2.24, 2.45) is 0 Å². The highest BCUT2D eigenvalue weighted by Gasteiger charge is 2.28. The molecule has 1 aliphatic heterocycles. The Bertz CT molecular complexity index is 1260. The van der Waals surface area contributed by atoms with Crippen LogP contribution in [0.1, 0.15) is 28.2 Å². The predicted molar refractivity (Wildman–Crippen MR) is 125 cm³/mol. The van der Waals surface area contributed by atoms with Crippen LogP contribution >= 0.6 is 11.3 Å². The van der Waals surface area contributed by atoms with E-state index in [1.807, 2.05) is 25.3 Å². The lowest BCUT2D eigenvalue weighted by Gasteiger charge is -2.17. The van der Waals surface area contributed by atoms with Crippen molar-refractivity contribution >= 4 is 38.1 Å². The van der Waals surface area contributed by atoms with Crippen LogP contribution in [0.5, 0.6) is 0 Å². The minimum absolute atomic E-state index is 0.138. The molecule has 0 spiro atoms. The number of rotatable bonds is 6. The first-order valence-corrected chi connectivity index (χ1v) is 12.4. The molecular formula is C22H24N4O3S2. The molecule has 0 atom stereocenters. The van der Waals surface area contributed by atoms with Crippen LogP contribution in [-0.2, 0) is 16.6 Å². The maximum absolute atomic E-state index is 12.8. The van der Waals surface area contributed by atoms with Gasteiger partial charge in [0.2, 0.25) is 10.0 Å². The summed E-state index contributed by atoms with van der Waals surface area (Å²) in [5.74, 6) is -0.185. The van der Waals surface area contributed by atoms with Gasteiger partial charge >= 0.3 is 0 Å². The molecule has 9 heteroatoms. The van der Waals surface area contributed by atoms with Crippen LogP contribution in [0.4, 0.5) is 10.8 Å². The van der Waals surface area contributed by atoms with Crippen molar-refractivity contribution in [1.82, 2.24) is 9.55 Å². The van der Waals surface area contributed by atoms with Gasteiger partial charge in [-0.1, -0.05) is 12.1 Å². The molecule has 3 heterocycles. The Labute approximate surface area is 186 Å². The summed E-state index contributed by atoms with van der Waals surface area (Å²) in [6.45, 7) is 9.06. The van der Waals surface area contributed by atoms with E-state index in [1.165, 1.54) is 15.6 Å². The fourth-order valence-electron chi connectivity index (χ4n) is 3.83. The van der Waals surface area contributed by atoms with Gasteiger partial charge in [-0.05, 0) is 44.5 Å². The highest BCUT2D eigenvalue weighted by molar-refractivity contribution is 7.93. The number of hydrogen-bond acceptors (Lipinski definition) is 5. The second-order valence-corrected chi connectivity index (χ2v) is 10.3. The summed E-state index contributed by atoms with van der Waals surface area (Å²) in [4.78, 5) is 17.4. The zero-order chi connectivity index (χ0) is 22.2. The molecule has 3 aromatic rings. The van der Waals surface area contributed by atoms with Crippen molar-refractivity contribution in [3.05, 3.63) is 65.3 Å². The molecule has 1 aromatic carbocycles. The number of nitrogens with one attached hydrogen (secondary N) is 1. The number of carbonyl (C=O) groups excluding carboxylic acids is 1. The molecule has 0 bridgehead atoms. The lowest BCUT2D eigenvalue weighted by Crippen LogP contribution is -2.25. The predicted octanol–water partition coefficient (Wildman–Crippen LogP) is 4.21. The summed E-state index contributed by atoms with van der Waals surface area (Å²) in [6, 6.07) is 8.76. The summed E-state index contributed by atoms with van der Waals surface area (Å²) in [5.41, 5.74) is 4.96. The minimum Gasteiger partial charge on any atom is -0.345 e. The van der Waals surface area contributed by atoms with Crippen LogP contribution < -0.4 is 9.62 Å². The summed E-state index contributed by atoms with van der Waals surface area (Å²) >= 11 is 1.36. The van der Waals surface area contributed by atoms with Crippen molar-refractivity contribution < 1.29 is 13.2 Å². The van der Waals surface area contributed by atoms with Crippen LogP contribution in [0.15, 0.2) is 48.4 Å². The van der Waals surface area contributed by atoms with Gasteiger partial charge in [-0.3, -0.25) is 14.4 Å². The molecule has 1 saturated heterocycles. The maximum atomic E-state index is 12.8. The number of aryl methyl sites for hydroxylation is 1. The topological polar surface area (TPSA) is 84.3 Å². The van der Waals surface area contributed by atoms with Gasteiger partial charge in [0, 0.05) is 41.0 Å². The molecule has 31 heavy (non-hydrogen) atoms. The SMILES string of the molecule is C=CCn1c(C)cc(-c2csc(NC(=O)c3cccc(N4CCCS4(=O)=O)c3)n2)c1C. The Morgan fingerprint density at radius 1 is 1.32 bits per heavy atom. The third-order valence-corrected chi connectivity index (χ3v) is 8.01. The van der Waals surface area contributed by atoms with Gasteiger partial charge in [0.25, 0.3) is 5.91 Å². The van der Waals surface area contributed by atoms with Crippen molar-refractivity contribution in [3.63, 3.8) is 0 Å². The Hall–Kier alpha value is -2.91. The van der Waals surface area contributed by atoms with Gasteiger partial charge < -0.3 is 4.57 Å². The van der Waals surface area contributed by atoms with E-state index in [2.05, 4.69) is 27.5 Å². The summed E-state index contributed by atoms with van der Waals surface area (Å²) in [5, 5.41) is 5.24. The van der Waals surface area contributed by atoms with Gasteiger partial charge in [0.1, 0.15) is 0 Å². The molecule has 7 nitrogen and oxygen atoms in total. The molecule has 0 unspecified atom stereocenters. The first kappa shape index (κ1) is 21.3.